The third kappa shape index (κ3) is 13.5. The van der Waals surface area contributed by atoms with Crippen molar-refractivity contribution in [3.63, 3.8) is 0 Å². The minimum atomic E-state index is -0.808. The Balaban J connectivity index is 3.03. The van der Waals surface area contributed by atoms with Gasteiger partial charge in [-0.1, -0.05) is 38.7 Å². The van der Waals surface area contributed by atoms with Gasteiger partial charge in [-0.25, -0.2) is 4.79 Å². The van der Waals surface area contributed by atoms with E-state index in [2.05, 4.69) is 19.7 Å². The van der Waals surface area contributed by atoms with E-state index < -0.39 is 9.04 Å². The predicted octanol–water partition coefficient (Wildman–Crippen LogP) is 3.45. The molecule has 0 saturated carbocycles. The Morgan fingerprint density at radius 1 is 1.00 bits per heavy atom. The predicted molar refractivity (Wildman–Crippen MR) is 78.3 cm³/mol. The lowest BCUT2D eigenvalue weighted by Crippen LogP contribution is -2.08. The van der Waals surface area contributed by atoms with Gasteiger partial charge in [0.15, 0.2) is 9.04 Å². The maximum absolute atomic E-state index is 10.7. The number of unbranched alkanes of at least 4 members (excludes halogenated alkanes) is 6. The normalized spacial score (nSPS) is 10.6. The highest BCUT2D eigenvalue weighted by Crippen LogP contribution is 2.07. The standard InChI is InChI=1S/C14H28O3Si/c1-4-14(15)16-12-10-8-6-5-7-9-11-13-17-18(2)3/h4,18H,1,5-13H2,2-3H3. The van der Waals surface area contributed by atoms with Crippen LogP contribution in [0.15, 0.2) is 12.7 Å². The average Bonchev–Trinajstić information content (AvgIpc) is 2.35. The summed E-state index contributed by atoms with van der Waals surface area (Å²) in [7, 11) is -0.808. The molecule has 0 rings (SSSR count). The Hall–Kier alpha value is -0.613. The van der Waals surface area contributed by atoms with Gasteiger partial charge in [-0.15, -0.1) is 0 Å². The van der Waals surface area contributed by atoms with E-state index in [1.807, 2.05) is 0 Å². The zero-order valence-corrected chi connectivity index (χ0v) is 13.1. The molecule has 0 atom stereocenters. The van der Waals surface area contributed by atoms with Crippen LogP contribution in [-0.2, 0) is 14.0 Å². The number of hydrogen-bond acceptors (Lipinski definition) is 3. The zero-order chi connectivity index (χ0) is 13.6. The number of rotatable bonds is 12. The van der Waals surface area contributed by atoms with Crippen LogP contribution in [0, 0.1) is 0 Å². The zero-order valence-electron chi connectivity index (χ0n) is 12.0. The van der Waals surface area contributed by atoms with E-state index in [1.165, 1.54) is 38.2 Å². The Labute approximate surface area is 113 Å². The second-order valence-electron chi connectivity index (χ2n) is 4.77. The quantitative estimate of drug-likeness (QED) is 0.236. The van der Waals surface area contributed by atoms with Crippen molar-refractivity contribution in [2.75, 3.05) is 13.2 Å². The average molecular weight is 272 g/mol. The van der Waals surface area contributed by atoms with E-state index in [9.17, 15) is 4.79 Å². The highest BCUT2D eigenvalue weighted by molar-refractivity contribution is 6.48. The van der Waals surface area contributed by atoms with Crippen molar-refractivity contribution in [2.45, 2.75) is 58.0 Å². The Morgan fingerprint density at radius 3 is 2.00 bits per heavy atom. The number of ether oxygens (including phenoxy) is 1. The molecule has 0 aliphatic rings. The Bertz CT molecular complexity index is 217. The van der Waals surface area contributed by atoms with Gasteiger partial charge < -0.3 is 9.16 Å². The molecule has 0 aliphatic heterocycles. The van der Waals surface area contributed by atoms with Gasteiger partial charge in [0.1, 0.15) is 0 Å². The van der Waals surface area contributed by atoms with Crippen LogP contribution in [-0.4, -0.2) is 28.2 Å². The van der Waals surface area contributed by atoms with Crippen LogP contribution < -0.4 is 0 Å². The minimum Gasteiger partial charge on any atom is -0.463 e. The molecule has 0 unspecified atom stereocenters. The molecule has 0 aliphatic carbocycles. The molecule has 3 nitrogen and oxygen atoms in total. The van der Waals surface area contributed by atoms with Crippen LogP contribution in [0.4, 0.5) is 0 Å². The van der Waals surface area contributed by atoms with E-state index >= 15 is 0 Å². The molecule has 0 heterocycles. The van der Waals surface area contributed by atoms with Crippen molar-refractivity contribution in [1.29, 1.82) is 0 Å². The SMILES string of the molecule is C=CC(=O)OCCCCCCCCCO[SiH](C)C. The van der Waals surface area contributed by atoms with Crippen LogP contribution in [0.3, 0.4) is 0 Å². The first-order valence-electron chi connectivity index (χ1n) is 7.07. The van der Waals surface area contributed by atoms with Crippen LogP contribution in [0.25, 0.3) is 0 Å². The van der Waals surface area contributed by atoms with Crippen molar-refractivity contribution in [1.82, 2.24) is 0 Å². The summed E-state index contributed by atoms with van der Waals surface area (Å²) in [5.74, 6) is -0.316. The number of hydrogen-bond donors (Lipinski definition) is 0. The third-order valence-electron chi connectivity index (χ3n) is 2.65. The fraction of sp³-hybridized carbons (Fsp3) is 0.786. The summed E-state index contributed by atoms with van der Waals surface area (Å²) in [4.78, 5) is 10.7. The molecule has 18 heavy (non-hydrogen) atoms. The molecule has 0 fully saturated rings. The molecule has 0 N–H and O–H groups in total. The first-order valence-corrected chi connectivity index (χ1v) is 9.85. The van der Waals surface area contributed by atoms with Crippen molar-refractivity contribution in [2.24, 2.45) is 0 Å². The lowest BCUT2D eigenvalue weighted by molar-refractivity contribution is -0.137. The van der Waals surface area contributed by atoms with E-state index in [-0.39, 0.29) is 5.97 Å². The first-order chi connectivity index (χ1) is 8.66. The molecule has 0 radical (unpaired) electrons. The van der Waals surface area contributed by atoms with Crippen molar-refractivity contribution in [3.8, 4) is 0 Å². The van der Waals surface area contributed by atoms with Crippen LogP contribution in [0.2, 0.25) is 13.1 Å². The molecule has 0 aromatic carbocycles. The topological polar surface area (TPSA) is 35.5 Å². The maximum atomic E-state index is 10.7. The number of esters is 1. The molecule has 0 aromatic heterocycles. The lowest BCUT2D eigenvalue weighted by atomic mass is 10.1. The number of carbonyl (C=O) groups excluding carboxylic acids is 1. The van der Waals surface area contributed by atoms with Gasteiger partial charge in [0, 0.05) is 12.7 Å². The van der Waals surface area contributed by atoms with E-state index in [1.54, 1.807) is 0 Å². The molecule has 0 bridgehead atoms. The van der Waals surface area contributed by atoms with Gasteiger partial charge in [-0.05, 0) is 25.9 Å². The van der Waals surface area contributed by atoms with Crippen molar-refractivity contribution in [3.05, 3.63) is 12.7 Å². The van der Waals surface area contributed by atoms with Gasteiger partial charge in [-0.3, -0.25) is 0 Å². The van der Waals surface area contributed by atoms with Gasteiger partial charge in [-0.2, -0.15) is 0 Å². The van der Waals surface area contributed by atoms with Crippen molar-refractivity contribution < 1.29 is 14.0 Å². The Kier molecular flexibility index (Phi) is 12.4. The third-order valence-corrected chi connectivity index (χ3v) is 3.55. The molecule has 0 amide bonds. The van der Waals surface area contributed by atoms with Crippen LogP contribution >= 0.6 is 0 Å². The largest absolute Gasteiger partial charge is 0.463 e. The highest BCUT2D eigenvalue weighted by atomic mass is 28.3. The highest BCUT2D eigenvalue weighted by Gasteiger charge is 1.97. The van der Waals surface area contributed by atoms with Gasteiger partial charge >= 0.3 is 5.97 Å². The second kappa shape index (κ2) is 12.8. The first kappa shape index (κ1) is 17.4. The summed E-state index contributed by atoms with van der Waals surface area (Å²) in [6.07, 6.45) is 9.56. The lowest BCUT2D eigenvalue weighted by Gasteiger charge is -2.06. The summed E-state index contributed by atoms with van der Waals surface area (Å²) >= 11 is 0. The van der Waals surface area contributed by atoms with E-state index in [4.69, 9.17) is 9.16 Å². The summed E-state index contributed by atoms with van der Waals surface area (Å²) in [5, 5.41) is 0. The van der Waals surface area contributed by atoms with E-state index in [0.717, 1.165) is 19.4 Å². The number of carbonyl (C=O) groups is 1. The molecule has 0 spiro atoms. The van der Waals surface area contributed by atoms with Gasteiger partial charge in [0.2, 0.25) is 0 Å². The second-order valence-corrected chi connectivity index (χ2v) is 7.20. The molecule has 4 heteroatoms. The van der Waals surface area contributed by atoms with Crippen molar-refractivity contribution >= 4 is 15.0 Å². The monoisotopic (exact) mass is 272 g/mol. The Morgan fingerprint density at radius 2 is 1.50 bits per heavy atom. The molecule has 0 aromatic rings. The van der Waals surface area contributed by atoms with Gasteiger partial charge in [0.05, 0.1) is 6.61 Å². The van der Waals surface area contributed by atoms with E-state index in [0.29, 0.717) is 6.61 Å². The summed E-state index contributed by atoms with van der Waals surface area (Å²) in [6, 6.07) is 0. The van der Waals surface area contributed by atoms with Crippen LogP contribution in [0.5, 0.6) is 0 Å². The maximum Gasteiger partial charge on any atom is 0.330 e. The smallest absolute Gasteiger partial charge is 0.330 e. The molecular weight excluding hydrogens is 244 g/mol. The summed E-state index contributed by atoms with van der Waals surface area (Å²) < 4.78 is 10.5. The molecule has 0 saturated heterocycles. The molecular formula is C14H28O3Si. The fourth-order valence-electron chi connectivity index (χ4n) is 1.64. The van der Waals surface area contributed by atoms with Gasteiger partial charge in [0.25, 0.3) is 0 Å². The summed E-state index contributed by atoms with van der Waals surface area (Å²) in [5.41, 5.74) is 0. The molecule has 106 valence electrons. The van der Waals surface area contributed by atoms with Crippen LogP contribution in [0.1, 0.15) is 44.9 Å². The fourth-order valence-corrected chi connectivity index (χ4v) is 2.28. The minimum absolute atomic E-state index is 0.316. The summed E-state index contributed by atoms with van der Waals surface area (Å²) in [6.45, 7) is 9.24.